The molecule has 1 aromatic rings. The molecule has 0 unspecified atom stereocenters. The SMILES string of the molecule is CCOC1CC(NC(=O)c2ccc(OC)cc2N)C1. The zero-order valence-corrected chi connectivity index (χ0v) is 11.3. The maximum Gasteiger partial charge on any atom is 0.253 e. The van der Waals surface area contributed by atoms with Gasteiger partial charge >= 0.3 is 0 Å². The molecule has 1 aliphatic rings. The Bertz CT molecular complexity index is 456. The number of rotatable bonds is 5. The number of ether oxygens (including phenoxy) is 2. The van der Waals surface area contributed by atoms with Crippen molar-refractivity contribution in [1.29, 1.82) is 0 Å². The lowest BCUT2D eigenvalue weighted by Gasteiger charge is -2.35. The average Bonchev–Trinajstić information content (AvgIpc) is 2.35. The summed E-state index contributed by atoms with van der Waals surface area (Å²) in [5.41, 5.74) is 6.76. The number of nitrogen functional groups attached to an aromatic ring is 1. The summed E-state index contributed by atoms with van der Waals surface area (Å²) in [6.07, 6.45) is 2.02. The van der Waals surface area contributed by atoms with E-state index in [1.807, 2.05) is 6.92 Å². The molecule has 0 aromatic heterocycles. The van der Waals surface area contributed by atoms with Crippen LogP contribution in [0.15, 0.2) is 18.2 Å². The van der Waals surface area contributed by atoms with Gasteiger partial charge in [0.25, 0.3) is 5.91 Å². The van der Waals surface area contributed by atoms with Gasteiger partial charge in [-0.2, -0.15) is 0 Å². The van der Waals surface area contributed by atoms with Crippen LogP contribution in [0.1, 0.15) is 30.1 Å². The number of methoxy groups -OCH3 is 1. The molecule has 1 aliphatic carbocycles. The van der Waals surface area contributed by atoms with Crippen LogP contribution in [-0.2, 0) is 4.74 Å². The van der Waals surface area contributed by atoms with Gasteiger partial charge in [0.2, 0.25) is 0 Å². The van der Waals surface area contributed by atoms with Crippen LogP contribution < -0.4 is 15.8 Å². The highest BCUT2D eigenvalue weighted by Crippen LogP contribution is 2.25. The van der Waals surface area contributed by atoms with Crippen molar-refractivity contribution >= 4 is 11.6 Å². The van der Waals surface area contributed by atoms with Gasteiger partial charge in [-0.3, -0.25) is 4.79 Å². The Labute approximate surface area is 113 Å². The fourth-order valence-electron chi connectivity index (χ4n) is 2.19. The number of carbonyl (C=O) groups excluding carboxylic acids is 1. The minimum atomic E-state index is -0.139. The Kier molecular flexibility index (Phi) is 4.27. The van der Waals surface area contributed by atoms with Crippen molar-refractivity contribution < 1.29 is 14.3 Å². The van der Waals surface area contributed by atoms with Gasteiger partial charge in [-0.1, -0.05) is 0 Å². The smallest absolute Gasteiger partial charge is 0.253 e. The quantitative estimate of drug-likeness (QED) is 0.792. The van der Waals surface area contributed by atoms with Crippen LogP contribution in [-0.4, -0.2) is 31.8 Å². The van der Waals surface area contributed by atoms with E-state index < -0.39 is 0 Å². The molecule has 1 amide bonds. The van der Waals surface area contributed by atoms with E-state index >= 15 is 0 Å². The molecule has 0 bridgehead atoms. The van der Waals surface area contributed by atoms with Gasteiger partial charge in [0.15, 0.2) is 0 Å². The molecule has 1 saturated carbocycles. The predicted molar refractivity (Wildman–Crippen MR) is 73.3 cm³/mol. The lowest BCUT2D eigenvalue weighted by molar-refractivity contribution is -0.00861. The van der Waals surface area contributed by atoms with E-state index in [1.165, 1.54) is 0 Å². The minimum Gasteiger partial charge on any atom is -0.497 e. The molecule has 0 heterocycles. The summed E-state index contributed by atoms with van der Waals surface area (Å²) in [5.74, 6) is 0.509. The van der Waals surface area contributed by atoms with Gasteiger partial charge < -0.3 is 20.5 Å². The zero-order valence-electron chi connectivity index (χ0n) is 11.3. The molecule has 3 N–H and O–H groups in total. The summed E-state index contributed by atoms with van der Waals surface area (Å²) in [7, 11) is 1.57. The molecule has 1 aromatic carbocycles. The van der Waals surface area contributed by atoms with Crippen molar-refractivity contribution in [2.45, 2.75) is 31.9 Å². The first-order valence-corrected chi connectivity index (χ1v) is 6.50. The second kappa shape index (κ2) is 5.93. The van der Waals surface area contributed by atoms with E-state index in [-0.39, 0.29) is 18.1 Å². The van der Waals surface area contributed by atoms with Crippen molar-refractivity contribution in [3.8, 4) is 5.75 Å². The molecule has 0 radical (unpaired) electrons. The predicted octanol–water partition coefficient (Wildman–Crippen LogP) is 1.57. The molecule has 19 heavy (non-hydrogen) atoms. The van der Waals surface area contributed by atoms with Crippen molar-refractivity contribution in [2.24, 2.45) is 0 Å². The normalized spacial score (nSPS) is 21.6. The van der Waals surface area contributed by atoms with Crippen LogP contribution in [0, 0.1) is 0 Å². The minimum absolute atomic E-state index is 0.139. The van der Waals surface area contributed by atoms with Crippen LogP contribution in [0.3, 0.4) is 0 Å². The standard InChI is InChI=1S/C14H20N2O3/c1-3-19-11-6-9(7-11)16-14(17)12-5-4-10(18-2)8-13(12)15/h4-5,8-9,11H,3,6-7,15H2,1-2H3,(H,16,17). The topological polar surface area (TPSA) is 73.6 Å². The van der Waals surface area contributed by atoms with E-state index in [4.69, 9.17) is 15.2 Å². The van der Waals surface area contributed by atoms with Gasteiger partial charge in [-0.15, -0.1) is 0 Å². The molecule has 0 aliphatic heterocycles. The van der Waals surface area contributed by atoms with Crippen LogP contribution >= 0.6 is 0 Å². The summed E-state index contributed by atoms with van der Waals surface area (Å²) in [4.78, 5) is 12.1. The molecule has 2 rings (SSSR count). The van der Waals surface area contributed by atoms with Crippen molar-refractivity contribution in [2.75, 3.05) is 19.5 Å². The van der Waals surface area contributed by atoms with E-state index in [0.717, 1.165) is 19.4 Å². The number of amides is 1. The number of nitrogens with one attached hydrogen (secondary N) is 1. The fourth-order valence-corrected chi connectivity index (χ4v) is 2.19. The summed E-state index contributed by atoms with van der Waals surface area (Å²) < 4.78 is 10.5. The lowest BCUT2D eigenvalue weighted by Crippen LogP contribution is -2.47. The first-order valence-electron chi connectivity index (χ1n) is 6.50. The van der Waals surface area contributed by atoms with Crippen LogP contribution in [0.5, 0.6) is 5.75 Å². The van der Waals surface area contributed by atoms with Crippen molar-refractivity contribution in [1.82, 2.24) is 5.32 Å². The van der Waals surface area contributed by atoms with Gasteiger partial charge in [0, 0.05) is 24.4 Å². The van der Waals surface area contributed by atoms with E-state index in [9.17, 15) is 4.79 Å². The second-order valence-electron chi connectivity index (χ2n) is 4.67. The van der Waals surface area contributed by atoms with Crippen molar-refractivity contribution in [3.63, 3.8) is 0 Å². The molecule has 0 atom stereocenters. The maximum atomic E-state index is 12.1. The number of carbonyl (C=O) groups is 1. The van der Waals surface area contributed by atoms with Crippen LogP contribution in [0.2, 0.25) is 0 Å². The Morgan fingerprint density at radius 1 is 1.47 bits per heavy atom. The summed E-state index contributed by atoms with van der Waals surface area (Å²) >= 11 is 0. The van der Waals surface area contributed by atoms with Gasteiger partial charge in [0.05, 0.1) is 18.8 Å². The largest absolute Gasteiger partial charge is 0.497 e. The average molecular weight is 264 g/mol. The Morgan fingerprint density at radius 3 is 2.79 bits per heavy atom. The number of anilines is 1. The van der Waals surface area contributed by atoms with Crippen LogP contribution in [0.25, 0.3) is 0 Å². The highest BCUT2D eigenvalue weighted by molar-refractivity contribution is 5.99. The number of hydrogen-bond donors (Lipinski definition) is 2. The molecular weight excluding hydrogens is 244 g/mol. The Balaban J connectivity index is 1.90. The maximum absolute atomic E-state index is 12.1. The fraction of sp³-hybridized carbons (Fsp3) is 0.500. The van der Waals surface area contributed by atoms with E-state index in [0.29, 0.717) is 17.0 Å². The van der Waals surface area contributed by atoms with Crippen molar-refractivity contribution in [3.05, 3.63) is 23.8 Å². The number of hydrogen-bond acceptors (Lipinski definition) is 4. The highest BCUT2D eigenvalue weighted by Gasteiger charge is 2.31. The monoisotopic (exact) mass is 264 g/mol. The zero-order chi connectivity index (χ0) is 13.8. The molecule has 5 heteroatoms. The van der Waals surface area contributed by atoms with Crippen LogP contribution in [0.4, 0.5) is 5.69 Å². The molecule has 1 fully saturated rings. The Morgan fingerprint density at radius 2 is 2.21 bits per heavy atom. The molecule has 0 spiro atoms. The summed E-state index contributed by atoms with van der Waals surface area (Å²) in [6, 6.07) is 5.25. The number of benzene rings is 1. The Hall–Kier alpha value is -1.75. The van der Waals surface area contributed by atoms with Gasteiger partial charge in [0.1, 0.15) is 5.75 Å². The van der Waals surface area contributed by atoms with E-state index in [1.54, 1.807) is 25.3 Å². The van der Waals surface area contributed by atoms with Gasteiger partial charge in [-0.25, -0.2) is 0 Å². The third kappa shape index (κ3) is 3.17. The molecule has 5 nitrogen and oxygen atoms in total. The van der Waals surface area contributed by atoms with E-state index in [2.05, 4.69) is 5.32 Å². The molecule has 104 valence electrons. The molecular formula is C14H20N2O3. The third-order valence-electron chi connectivity index (χ3n) is 3.34. The highest BCUT2D eigenvalue weighted by atomic mass is 16.5. The first-order chi connectivity index (χ1) is 9.13. The number of nitrogens with two attached hydrogens (primary N) is 1. The third-order valence-corrected chi connectivity index (χ3v) is 3.34. The van der Waals surface area contributed by atoms with Gasteiger partial charge in [-0.05, 0) is 31.9 Å². The first kappa shape index (κ1) is 13.7. The summed E-state index contributed by atoms with van der Waals surface area (Å²) in [6.45, 7) is 2.70. The summed E-state index contributed by atoms with van der Waals surface area (Å²) in [5, 5.41) is 2.96. The second-order valence-corrected chi connectivity index (χ2v) is 4.67. The lowest BCUT2D eigenvalue weighted by atomic mass is 9.89. The molecule has 0 saturated heterocycles.